The lowest BCUT2D eigenvalue weighted by atomic mass is 10.1. The first kappa shape index (κ1) is 14.8. The lowest BCUT2D eigenvalue weighted by molar-refractivity contribution is 0.0656. The van der Waals surface area contributed by atoms with Gasteiger partial charge in [-0.1, -0.05) is 0 Å². The molecule has 0 saturated carbocycles. The SMILES string of the molecule is Cc1nn(C2CCOCC2)c(C)c1-c1nc2nccc(Br)c2[nH]1. The highest BCUT2D eigenvalue weighted by Crippen LogP contribution is 2.31. The molecule has 0 radical (unpaired) electrons. The Hall–Kier alpha value is -1.73. The maximum absolute atomic E-state index is 5.46. The van der Waals surface area contributed by atoms with Gasteiger partial charge in [-0.25, -0.2) is 9.97 Å². The van der Waals surface area contributed by atoms with Gasteiger partial charge in [-0.3, -0.25) is 4.68 Å². The van der Waals surface area contributed by atoms with Crippen LogP contribution in [0.25, 0.3) is 22.6 Å². The van der Waals surface area contributed by atoms with Gasteiger partial charge in [0.15, 0.2) is 5.65 Å². The van der Waals surface area contributed by atoms with Gasteiger partial charge in [-0.15, -0.1) is 0 Å². The van der Waals surface area contributed by atoms with E-state index in [2.05, 4.69) is 42.5 Å². The van der Waals surface area contributed by atoms with Crippen molar-refractivity contribution in [3.63, 3.8) is 0 Å². The molecule has 0 aromatic carbocycles. The number of nitrogens with zero attached hydrogens (tertiary/aromatic N) is 4. The fraction of sp³-hybridized carbons (Fsp3) is 0.438. The standard InChI is InChI=1S/C16H18BrN5O/c1-9-13(10(2)22(21-9)11-4-7-23-8-5-11)15-19-14-12(17)3-6-18-16(14)20-15/h3,6,11H,4-5,7-8H2,1-2H3,(H,18,19,20). The highest BCUT2D eigenvalue weighted by molar-refractivity contribution is 9.10. The summed E-state index contributed by atoms with van der Waals surface area (Å²) in [5, 5.41) is 4.77. The topological polar surface area (TPSA) is 68.6 Å². The summed E-state index contributed by atoms with van der Waals surface area (Å²) in [7, 11) is 0. The van der Waals surface area contributed by atoms with Gasteiger partial charge >= 0.3 is 0 Å². The smallest absolute Gasteiger partial charge is 0.179 e. The van der Waals surface area contributed by atoms with Crippen LogP contribution in [0.15, 0.2) is 16.7 Å². The van der Waals surface area contributed by atoms with Crippen LogP contribution >= 0.6 is 15.9 Å². The molecule has 1 saturated heterocycles. The third-order valence-electron chi connectivity index (χ3n) is 4.44. The van der Waals surface area contributed by atoms with Crippen molar-refractivity contribution in [1.82, 2.24) is 24.7 Å². The molecule has 1 N–H and O–H groups in total. The minimum Gasteiger partial charge on any atom is -0.381 e. The number of nitrogens with one attached hydrogen (secondary N) is 1. The number of hydrogen-bond acceptors (Lipinski definition) is 4. The van der Waals surface area contributed by atoms with Crippen molar-refractivity contribution < 1.29 is 4.74 Å². The summed E-state index contributed by atoms with van der Waals surface area (Å²) in [6.45, 7) is 5.76. The van der Waals surface area contributed by atoms with Gasteiger partial charge in [0.1, 0.15) is 5.82 Å². The second-order valence-electron chi connectivity index (χ2n) is 5.91. The molecule has 4 heterocycles. The normalized spacial score (nSPS) is 16.3. The molecule has 1 aliphatic heterocycles. The van der Waals surface area contributed by atoms with E-state index in [1.807, 2.05) is 13.0 Å². The number of aromatic nitrogens is 5. The number of ether oxygens (including phenoxy) is 1. The van der Waals surface area contributed by atoms with Crippen LogP contribution in [0, 0.1) is 13.8 Å². The Balaban J connectivity index is 1.81. The Kier molecular flexibility index (Phi) is 3.69. The maximum Gasteiger partial charge on any atom is 0.179 e. The van der Waals surface area contributed by atoms with Crippen LogP contribution in [0.1, 0.15) is 30.3 Å². The number of imidazole rings is 1. The second-order valence-corrected chi connectivity index (χ2v) is 6.77. The third-order valence-corrected chi connectivity index (χ3v) is 5.10. The molecule has 0 amide bonds. The number of aromatic amines is 1. The molecule has 0 bridgehead atoms. The molecule has 0 aliphatic carbocycles. The molecule has 23 heavy (non-hydrogen) atoms. The lowest BCUT2D eigenvalue weighted by Gasteiger charge is -2.23. The highest BCUT2D eigenvalue weighted by atomic mass is 79.9. The second kappa shape index (κ2) is 5.72. The molecule has 0 atom stereocenters. The number of halogens is 1. The Morgan fingerprint density at radius 1 is 1.30 bits per heavy atom. The van der Waals surface area contributed by atoms with E-state index in [4.69, 9.17) is 9.84 Å². The lowest BCUT2D eigenvalue weighted by Crippen LogP contribution is -2.21. The van der Waals surface area contributed by atoms with Crippen molar-refractivity contribution in [2.75, 3.05) is 13.2 Å². The maximum atomic E-state index is 5.46. The van der Waals surface area contributed by atoms with Gasteiger partial charge in [0, 0.05) is 29.6 Å². The Morgan fingerprint density at radius 2 is 2.09 bits per heavy atom. The molecular weight excluding hydrogens is 358 g/mol. The molecule has 1 fully saturated rings. The van der Waals surface area contributed by atoms with Gasteiger partial charge in [0.05, 0.1) is 22.8 Å². The zero-order valence-corrected chi connectivity index (χ0v) is 14.7. The van der Waals surface area contributed by atoms with Crippen molar-refractivity contribution in [3.05, 3.63) is 28.1 Å². The molecule has 3 aromatic heterocycles. The van der Waals surface area contributed by atoms with E-state index in [1.165, 1.54) is 0 Å². The summed E-state index contributed by atoms with van der Waals surface area (Å²) >= 11 is 3.54. The average Bonchev–Trinajstić information content (AvgIpc) is 3.10. The van der Waals surface area contributed by atoms with Gasteiger partial charge < -0.3 is 9.72 Å². The van der Waals surface area contributed by atoms with Crippen molar-refractivity contribution in [2.24, 2.45) is 0 Å². The van der Waals surface area contributed by atoms with E-state index in [0.717, 1.165) is 58.8 Å². The van der Waals surface area contributed by atoms with Crippen molar-refractivity contribution in [3.8, 4) is 11.4 Å². The first-order chi connectivity index (χ1) is 11.1. The van der Waals surface area contributed by atoms with E-state index in [9.17, 15) is 0 Å². The number of hydrogen-bond donors (Lipinski definition) is 1. The molecule has 0 spiro atoms. The summed E-state index contributed by atoms with van der Waals surface area (Å²) in [4.78, 5) is 12.4. The summed E-state index contributed by atoms with van der Waals surface area (Å²) in [6, 6.07) is 2.32. The first-order valence-corrected chi connectivity index (χ1v) is 8.58. The zero-order valence-electron chi connectivity index (χ0n) is 13.1. The van der Waals surface area contributed by atoms with E-state index in [0.29, 0.717) is 11.7 Å². The van der Waals surface area contributed by atoms with Crippen LogP contribution in [0.5, 0.6) is 0 Å². The molecule has 1 aliphatic rings. The quantitative estimate of drug-likeness (QED) is 0.743. The van der Waals surface area contributed by atoms with Gasteiger partial charge in [-0.2, -0.15) is 5.10 Å². The largest absolute Gasteiger partial charge is 0.381 e. The van der Waals surface area contributed by atoms with Crippen molar-refractivity contribution >= 4 is 27.1 Å². The van der Waals surface area contributed by atoms with Crippen molar-refractivity contribution in [1.29, 1.82) is 0 Å². The summed E-state index contributed by atoms with van der Waals surface area (Å²) in [6.07, 6.45) is 3.77. The summed E-state index contributed by atoms with van der Waals surface area (Å²) in [5.74, 6) is 0.827. The van der Waals surface area contributed by atoms with Gasteiger partial charge in [-0.05, 0) is 48.7 Å². The van der Waals surface area contributed by atoms with Crippen LogP contribution in [-0.2, 0) is 4.74 Å². The van der Waals surface area contributed by atoms with Gasteiger partial charge in [0.25, 0.3) is 0 Å². The van der Waals surface area contributed by atoms with Crippen LogP contribution in [0.3, 0.4) is 0 Å². The molecule has 7 heteroatoms. The monoisotopic (exact) mass is 375 g/mol. The predicted molar refractivity (Wildman–Crippen MR) is 91.4 cm³/mol. The minimum atomic E-state index is 0.408. The summed E-state index contributed by atoms with van der Waals surface area (Å²) in [5.41, 5.74) is 4.84. The van der Waals surface area contributed by atoms with Crippen molar-refractivity contribution in [2.45, 2.75) is 32.7 Å². The Morgan fingerprint density at radius 3 is 2.83 bits per heavy atom. The van der Waals surface area contributed by atoms with E-state index >= 15 is 0 Å². The Labute approximate surface area is 142 Å². The molecule has 120 valence electrons. The molecular formula is C16H18BrN5O. The molecule has 3 aromatic rings. The minimum absolute atomic E-state index is 0.408. The number of rotatable bonds is 2. The summed E-state index contributed by atoms with van der Waals surface area (Å²) < 4.78 is 8.57. The Bertz CT molecular complexity index is 863. The fourth-order valence-corrected chi connectivity index (χ4v) is 3.68. The zero-order chi connectivity index (χ0) is 16.0. The first-order valence-electron chi connectivity index (χ1n) is 7.79. The predicted octanol–water partition coefficient (Wildman–Crippen LogP) is 3.55. The third kappa shape index (κ3) is 2.48. The highest BCUT2D eigenvalue weighted by Gasteiger charge is 2.23. The average molecular weight is 376 g/mol. The van der Waals surface area contributed by atoms with Crippen LogP contribution in [0.4, 0.5) is 0 Å². The fourth-order valence-electron chi connectivity index (χ4n) is 3.29. The molecule has 0 unspecified atom stereocenters. The van der Waals surface area contributed by atoms with Crippen LogP contribution in [-0.4, -0.2) is 37.9 Å². The number of pyridine rings is 1. The van der Waals surface area contributed by atoms with Crippen LogP contribution in [0.2, 0.25) is 0 Å². The van der Waals surface area contributed by atoms with Gasteiger partial charge in [0.2, 0.25) is 0 Å². The number of H-pyrrole nitrogens is 1. The number of aryl methyl sites for hydroxylation is 1. The van der Waals surface area contributed by atoms with Crippen LogP contribution < -0.4 is 0 Å². The van der Waals surface area contributed by atoms with E-state index < -0.39 is 0 Å². The molecule has 6 nitrogen and oxygen atoms in total. The molecule has 4 rings (SSSR count). The number of fused-ring (bicyclic) bond motifs is 1. The van der Waals surface area contributed by atoms with E-state index in [1.54, 1.807) is 6.20 Å². The van der Waals surface area contributed by atoms with E-state index in [-0.39, 0.29) is 0 Å².